The minimum atomic E-state index is 1.32. The maximum Gasteiger partial charge on any atom is 0.0133 e. The molecule has 2 saturated heterocycles. The van der Waals surface area contributed by atoms with Crippen LogP contribution in [0, 0.1) is 0 Å². The molecule has 2 fully saturated rings. The Hall–Kier alpha value is -0.0800. The molecule has 2 aliphatic heterocycles. The van der Waals surface area contributed by atoms with Crippen LogP contribution < -0.4 is 0 Å². The van der Waals surface area contributed by atoms with Crippen LogP contribution >= 0.6 is 0 Å². The molecule has 13 heavy (non-hydrogen) atoms. The lowest BCUT2D eigenvalue weighted by atomic mass is 10.2. The number of hydrogen-bond acceptors (Lipinski definition) is 2. The zero-order valence-electron chi connectivity index (χ0n) is 8.67. The van der Waals surface area contributed by atoms with Crippen molar-refractivity contribution in [1.29, 1.82) is 0 Å². The van der Waals surface area contributed by atoms with Crippen molar-refractivity contribution >= 4 is 0 Å². The second-order valence-corrected chi connectivity index (χ2v) is 4.38. The van der Waals surface area contributed by atoms with Crippen LogP contribution in [0.1, 0.15) is 44.9 Å². The number of piperidine rings is 1. The average Bonchev–Trinajstić information content (AvgIpc) is 2.47. The van der Waals surface area contributed by atoms with Gasteiger partial charge in [-0.15, -0.1) is 0 Å². The van der Waals surface area contributed by atoms with Gasteiger partial charge in [0.25, 0.3) is 0 Å². The minimum Gasteiger partial charge on any atom is -0.242 e. The summed E-state index contributed by atoms with van der Waals surface area (Å²) in [4.78, 5) is 0. The van der Waals surface area contributed by atoms with Gasteiger partial charge in [-0.1, -0.05) is 19.3 Å². The molecule has 76 valence electrons. The summed E-state index contributed by atoms with van der Waals surface area (Å²) in [6.07, 6.45) is 10.00. The van der Waals surface area contributed by atoms with Gasteiger partial charge in [-0.25, -0.2) is 10.0 Å². The number of rotatable bonds is 1. The van der Waals surface area contributed by atoms with Crippen molar-refractivity contribution in [2.24, 2.45) is 0 Å². The smallest absolute Gasteiger partial charge is 0.0133 e. The third-order valence-electron chi connectivity index (χ3n) is 3.31. The van der Waals surface area contributed by atoms with Gasteiger partial charge in [-0.05, 0) is 25.7 Å². The van der Waals surface area contributed by atoms with Gasteiger partial charge < -0.3 is 0 Å². The van der Waals surface area contributed by atoms with Gasteiger partial charge in [0.2, 0.25) is 0 Å². The van der Waals surface area contributed by atoms with Crippen LogP contribution in [0.4, 0.5) is 0 Å². The molecular weight excluding hydrogens is 160 g/mol. The molecule has 0 aromatic heterocycles. The van der Waals surface area contributed by atoms with E-state index in [1.165, 1.54) is 71.1 Å². The Balaban J connectivity index is 1.82. The van der Waals surface area contributed by atoms with E-state index in [-0.39, 0.29) is 0 Å². The zero-order valence-corrected chi connectivity index (χ0v) is 8.67. The Labute approximate surface area is 81.9 Å². The van der Waals surface area contributed by atoms with Crippen LogP contribution in [0.2, 0.25) is 0 Å². The maximum absolute atomic E-state index is 2.62. The summed E-state index contributed by atoms with van der Waals surface area (Å²) in [5.74, 6) is 0. The highest BCUT2D eigenvalue weighted by Gasteiger charge is 2.18. The first-order valence-corrected chi connectivity index (χ1v) is 5.96. The first-order valence-electron chi connectivity index (χ1n) is 5.96. The monoisotopic (exact) mass is 182 g/mol. The van der Waals surface area contributed by atoms with E-state index in [0.29, 0.717) is 0 Å². The van der Waals surface area contributed by atoms with Gasteiger partial charge in [0, 0.05) is 26.2 Å². The van der Waals surface area contributed by atoms with Crippen molar-refractivity contribution in [2.45, 2.75) is 44.9 Å². The first-order chi connectivity index (χ1) is 6.47. The highest BCUT2D eigenvalue weighted by atomic mass is 15.6. The number of hydrazine groups is 1. The maximum atomic E-state index is 2.62. The van der Waals surface area contributed by atoms with E-state index in [2.05, 4.69) is 10.0 Å². The topological polar surface area (TPSA) is 6.48 Å². The van der Waals surface area contributed by atoms with Crippen molar-refractivity contribution in [3.63, 3.8) is 0 Å². The average molecular weight is 182 g/mol. The Morgan fingerprint density at radius 3 is 1.08 bits per heavy atom. The molecule has 2 nitrogen and oxygen atoms in total. The third kappa shape index (κ3) is 2.68. The van der Waals surface area contributed by atoms with Crippen molar-refractivity contribution in [3.05, 3.63) is 0 Å². The van der Waals surface area contributed by atoms with Crippen molar-refractivity contribution in [2.75, 3.05) is 26.2 Å². The van der Waals surface area contributed by atoms with Crippen molar-refractivity contribution in [3.8, 4) is 0 Å². The van der Waals surface area contributed by atoms with Gasteiger partial charge in [-0.3, -0.25) is 0 Å². The molecule has 2 aliphatic rings. The Morgan fingerprint density at radius 2 is 0.692 bits per heavy atom. The summed E-state index contributed by atoms with van der Waals surface area (Å²) in [6, 6.07) is 0. The Kier molecular flexibility index (Phi) is 3.62. The van der Waals surface area contributed by atoms with Crippen molar-refractivity contribution in [1.82, 2.24) is 10.0 Å². The van der Waals surface area contributed by atoms with Gasteiger partial charge >= 0.3 is 0 Å². The van der Waals surface area contributed by atoms with Gasteiger partial charge in [-0.2, -0.15) is 0 Å². The highest BCUT2D eigenvalue weighted by Crippen LogP contribution is 2.16. The van der Waals surface area contributed by atoms with Crippen LogP contribution in [-0.2, 0) is 0 Å². The van der Waals surface area contributed by atoms with Crippen LogP contribution in [-0.4, -0.2) is 36.2 Å². The molecular formula is C11H22N2. The van der Waals surface area contributed by atoms with Crippen LogP contribution in [0.3, 0.4) is 0 Å². The molecule has 0 aromatic carbocycles. The summed E-state index contributed by atoms with van der Waals surface area (Å²) in [5, 5.41) is 5.22. The van der Waals surface area contributed by atoms with Gasteiger partial charge in [0.15, 0.2) is 0 Å². The van der Waals surface area contributed by atoms with E-state index in [0.717, 1.165) is 0 Å². The lowest BCUT2D eigenvalue weighted by molar-refractivity contribution is -0.0365. The van der Waals surface area contributed by atoms with E-state index in [1.54, 1.807) is 0 Å². The lowest BCUT2D eigenvalue weighted by Gasteiger charge is -2.36. The first kappa shape index (κ1) is 9.47. The fraction of sp³-hybridized carbons (Fsp3) is 1.00. The SMILES string of the molecule is C1CCCN(N2CCCCC2)CC1. The molecule has 2 heteroatoms. The standard InChI is InChI=1S/C11H22N2/c1-2-5-9-12(8-4-1)13-10-6-3-7-11-13/h1-11H2. The molecule has 0 atom stereocenters. The predicted molar refractivity (Wildman–Crippen MR) is 55.5 cm³/mol. The minimum absolute atomic E-state index is 1.32. The predicted octanol–water partition coefficient (Wildman–Crippen LogP) is 2.26. The fourth-order valence-electron chi connectivity index (χ4n) is 2.50. The molecule has 0 saturated carbocycles. The molecule has 0 amide bonds. The summed E-state index contributed by atoms with van der Waals surface area (Å²) in [6.45, 7) is 5.28. The molecule has 2 heterocycles. The van der Waals surface area contributed by atoms with Gasteiger partial charge in [0.05, 0.1) is 0 Å². The molecule has 0 radical (unpaired) electrons. The zero-order chi connectivity index (χ0) is 8.93. The van der Waals surface area contributed by atoms with E-state index >= 15 is 0 Å². The Morgan fingerprint density at radius 1 is 0.385 bits per heavy atom. The van der Waals surface area contributed by atoms with E-state index < -0.39 is 0 Å². The second-order valence-electron chi connectivity index (χ2n) is 4.38. The van der Waals surface area contributed by atoms with Crippen LogP contribution in [0.25, 0.3) is 0 Å². The van der Waals surface area contributed by atoms with E-state index in [4.69, 9.17) is 0 Å². The quantitative estimate of drug-likeness (QED) is 0.614. The Bertz CT molecular complexity index is 133. The summed E-state index contributed by atoms with van der Waals surface area (Å²) in [7, 11) is 0. The van der Waals surface area contributed by atoms with E-state index in [9.17, 15) is 0 Å². The van der Waals surface area contributed by atoms with Gasteiger partial charge in [0.1, 0.15) is 0 Å². The molecule has 0 aliphatic carbocycles. The largest absolute Gasteiger partial charge is 0.242 e. The highest BCUT2D eigenvalue weighted by molar-refractivity contribution is 4.66. The fourth-order valence-corrected chi connectivity index (χ4v) is 2.50. The lowest BCUT2D eigenvalue weighted by Crippen LogP contribution is -2.45. The molecule has 0 unspecified atom stereocenters. The normalized spacial score (nSPS) is 28.6. The summed E-state index contributed by atoms with van der Waals surface area (Å²) < 4.78 is 0. The molecule has 0 bridgehead atoms. The van der Waals surface area contributed by atoms with Crippen LogP contribution in [0.15, 0.2) is 0 Å². The van der Waals surface area contributed by atoms with Crippen LogP contribution in [0.5, 0.6) is 0 Å². The number of hydrogen-bond donors (Lipinski definition) is 0. The third-order valence-corrected chi connectivity index (χ3v) is 3.31. The molecule has 0 N–H and O–H groups in total. The molecule has 2 rings (SSSR count). The van der Waals surface area contributed by atoms with E-state index in [1.807, 2.05) is 0 Å². The molecule has 0 spiro atoms. The summed E-state index contributed by atoms with van der Waals surface area (Å²) in [5.41, 5.74) is 0. The molecule has 0 aromatic rings. The number of nitrogens with zero attached hydrogens (tertiary/aromatic N) is 2. The van der Waals surface area contributed by atoms with Crippen molar-refractivity contribution < 1.29 is 0 Å². The second kappa shape index (κ2) is 4.97. The summed E-state index contributed by atoms with van der Waals surface area (Å²) >= 11 is 0.